The van der Waals surface area contributed by atoms with E-state index in [0.717, 1.165) is 6.07 Å². The van der Waals surface area contributed by atoms with E-state index in [1.165, 1.54) is 18.2 Å². The standard InChI is InChI=1S/C11H6ClNO4/c12-5-1-2-6-7(3-5)13-8(4-9(6)14)10(15)11(16)17/h1-4H,(H,13,14)(H,16,17). The number of nitrogens with one attached hydrogen (secondary N) is 1. The zero-order valence-electron chi connectivity index (χ0n) is 8.36. The highest BCUT2D eigenvalue weighted by Gasteiger charge is 2.16. The number of aromatic nitrogens is 1. The van der Waals surface area contributed by atoms with Crippen molar-refractivity contribution in [1.29, 1.82) is 0 Å². The van der Waals surface area contributed by atoms with Crippen molar-refractivity contribution in [2.75, 3.05) is 0 Å². The van der Waals surface area contributed by atoms with Gasteiger partial charge in [-0.25, -0.2) is 4.79 Å². The lowest BCUT2D eigenvalue weighted by Crippen LogP contribution is -2.17. The molecule has 5 nitrogen and oxygen atoms in total. The van der Waals surface area contributed by atoms with Gasteiger partial charge in [0.15, 0.2) is 5.43 Å². The van der Waals surface area contributed by atoms with Gasteiger partial charge < -0.3 is 10.1 Å². The first-order valence-corrected chi connectivity index (χ1v) is 4.97. The van der Waals surface area contributed by atoms with E-state index in [-0.39, 0.29) is 5.69 Å². The molecule has 0 aliphatic carbocycles. The molecule has 2 rings (SSSR count). The van der Waals surface area contributed by atoms with Crippen molar-refractivity contribution in [2.24, 2.45) is 0 Å². The number of carboxylic acids is 1. The number of Topliss-reactive ketones (excluding diaryl/α,β-unsaturated/α-hetero) is 1. The minimum Gasteiger partial charge on any atom is -0.475 e. The second kappa shape index (κ2) is 4.03. The molecule has 0 saturated carbocycles. The zero-order chi connectivity index (χ0) is 12.6. The van der Waals surface area contributed by atoms with Crippen LogP contribution in [-0.4, -0.2) is 21.8 Å². The van der Waals surface area contributed by atoms with Gasteiger partial charge in [0.05, 0.1) is 11.2 Å². The molecule has 0 amide bonds. The maximum atomic E-state index is 11.6. The van der Waals surface area contributed by atoms with Gasteiger partial charge in [0.25, 0.3) is 5.78 Å². The molecule has 0 spiro atoms. The average molecular weight is 252 g/mol. The van der Waals surface area contributed by atoms with E-state index in [9.17, 15) is 14.4 Å². The Morgan fingerprint density at radius 3 is 2.59 bits per heavy atom. The number of hydrogen-bond acceptors (Lipinski definition) is 3. The van der Waals surface area contributed by atoms with Crippen molar-refractivity contribution in [3.05, 3.63) is 45.2 Å². The number of ketones is 1. The molecule has 0 unspecified atom stereocenters. The fraction of sp³-hybridized carbons (Fsp3) is 0. The number of rotatable bonds is 2. The lowest BCUT2D eigenvalue weighted by Gasteiger charge is -2.01. The van der Waals surface area contributed by atoms with Crippen LogP contribution in [0.3, 0.4) is 0 Å². The Bertz CT molecular complexity index is 689. The summed E-state index contributed by atoms with van der Waals surface area (Å²) < 4.78 is 0. The van der Waals surface area contributed by atoms with E-state index in [1.54, 1.807) is 0 Å². The number of benzene rings is 1. The smallest absolute Gasteiger partial charge is 0.378 e. The molecule has 0 aliphatic heterocycles. The summed E-state index contributed by atoms with van der Waals surface area (Å²) in [6.45, 7) is 0. The molecule has 1 aromatic heterocycles. The fourth-order valence-electron chi connectivity index (χ4n) is 1.46. The molecular weight excluding hydrogens is 246 g/mol. The third kappa shape index (κ3) is 2.05. The molecule has 0 atom stereocenters. The molecule has 0 aliphatic rings. The van der Waals surface area contributed by atoms with Crippen molar-refractivity contribution in [1.82, 2.24) is 4.98 Å². The maximum Gasteiger partial charge on any atom is 0.378 e. The Morgan fingerprint density at radius 2 is 1.94 bits per heavy atom. The summed E-state index contributed by atoms with van der Waals surface area (Å²) >= 11 is 5.74. The van der Waals surface area contributed by atoms with Crippen molar-refractivity contribution >= 4 is 34.3 Å². The van der Waals surface area contributed by atoms with Gasteiger partial charge in [-0.15, -0.1) is 0 Å². The normalized spacial score (nSPS) is 10.4. The number of carbonyl (C=O) groups excluding carboxylic acids is 1. The predicted octanol–water partition coefficient (Wildman–Crippen LogP) is 1.45. The molecule has 2 N–H and O–H groups in total. The van der Waals surface area contributed by atoms with Gasteiger partial charge in [0.2, 0.25) is 0 Å². The Labute approximate surface area is 99.6 Å². The van der Waals surface area contributed by atoms with E-state index in [0.29, 0.717) is 15.9 Å². The highest BCUT2D eigenvalue weighted by atomic mass is 35.5. The second-order valence-electron chi connectivity index (χ2n) is 3.37. The quantitative estimate of drug-likeness (QED) is 0.625. The number of carbonyl (C=O) groups is 2. The van der Waals surface area contributed by atoms with Crippen LogP contribution in [0, 0.1) is 0 Å². The third-order valence-corrected chi connectivity index (χ3v) is 2.47. The summed E-state index contributed by atoms with van der Waals surface area (Å²) in [6.07, 6.45) is 0. The van der Waals surface area contributed by atoms with Crippen LogP contribution in [0.2, 0.25) is 5.02 Å². The van der Waals surface area contributed by atoms with Crippen LogP contribution < -0.4 is 5.43 Å². The van der Waals surface area contributed by atoms with E-state index in [4.69, 9.17) is 16.7 Å². The molecular formula is C11H6ClNO4. The number of aliphatic carboxylic acids is 1. The number of aromatic amines is 1. The number of halogens is 1. The van der Waals surface area contributed by atoms with Crippen LogP contribution in [0.25, 0.3) is 10.9 Å². The van der Waals surface area contributed by atoms with Crippen molar-refractivity contribution in [3.63, 3.8) is 0 Å². The van der Waals surface area contributed by atoms with Gasteiger partial charge in [-0.05, 0) is 18.2 Å². The Morgan fingerprint density at radius 1 is 1.24 bits per heavy atom. The lowest BCUT2D eigenvalue weighted by molar-refractivity contribution is -0.131. The van der Waals surface area contributed by atoms with Crippen LogP contribution in [0.1, 0.15) is 10.5 Å². The Kier molecular flexibility index (Phi) is 2.69. The first-order valence-electron chi connectivity index (χ1n) is 4.59. The summed E-state index contributed by atoms with van der Waals surface area (Å²) in [7, 11) is 0. The number of pyridine rings is 1. The molecule has 86 valence electrons. The van der Waals surface area contributed by atoms with E-state index in [2.05, 4.69) is 4.98 Å². The van der Waals surface area contributed by atoms with Crippen LogP contribution in [-0.2, 0) is 4.79 Å². The molecule has 0 radical (unpaired) electrons. The summed E-state index contributed by atoms with van der Waals surface area (Å²) in [6, 6.07) is 5.47. The molecule has 1 heterocycles. The number of H-pyrrole nitrogens is 1. The first-order chi connectivity index (χ1) is 7.99. The Hall–Kier alpha value is -2.14. The first kappa shape index (κ1) is 11.3. The van der Waals surface area contributed by atoms with Gasteiger partial charge in [-0.3, -0.25) is 9.59 Å². The molecule has 1 aromatic carbocycles. The van der Waals surface area contributed by atoms with Gasteiger partial charge in [0.1, 0.15) is 0 Å². The highest BCUT2D eigenvalue weighted by molar-refractivity contribution is 6.39. The van der Waals surface area contributed by atoms with Gasteiger partial charge >= 0.3 is 5.97 Å². The van der Waals surface area contributed by atoms with Gasteiger partial charge in [-0.1, -0.05) is 11.6 Å². The number of carboxylic acid groups (broad SMARTS) is 1. The summed E-state index contributed by atoms with van der Waals surface area (Å²) in [5.41, 5.74) is -0.369. The van der Waals surface area contributed by atoms with Crippen LogP contribution in [0.4, 0.5) is 0 Å². The molecule has 6 heteroatoms. The van der Waals surface area contributed by atoms with E-state index < -0.39 is 17.2 Å². The van der Waals surface area contributed by atoms with E-state index >= 15 is 0 Å². The largest absolute Gasteiger partial charge is 0.475 e. The van der Waals surface area contributed by atoms with Gasteiger partial charge in [-0.2, -0.15) is 0 Å². The van der Waals surface area contributed by atoms with Crippen molar-refractivity contribution in [2.45, 2.75) is 0 Å². The second-order valence-corrected chi connectivity index (χ2v) is 3.81. The zero-order valence-corrected chi connectivity index (χ0v) is 9.12. The van der Waals surface area contributed by atoms with E-state index in [1.807, 2.05) is 0 Å². The molecule has 17 heavy (non-hydrogen) atoms. The number of fused-ring (bicyclic) bond motifs is 1. The molecule has 0 fully saturated rings. The Balaban J connectivity index is 2.74. The highest BCUT2D eigenvalue weighted by Crippen LogP contribution is 2.15. The van der Waals surface area contributed by atoms with Crippen LogP contribution >= 0.6 is 11.6 Å². The van der Waals surface area contributed by atoms with Crippen molar-refractivity contribution < 1.29 is 14.7 Å². The fourth-order valence-corrected chi connectivity index (χ4v) is 1.63. The van der Waals surface area contributed by atoms with Crippen LogP contribution in [0.15, 0.2) is 29.1 Å². The maximum absolute atomic E-state index is 11.6. The topological polar surface area (TPSA) is 87.2 Å². The monoisotopic (exact) mass is 251 g/mol. The molecule has 2 aromatic rings. The minimum absolute atomic E-state index is 0.266. The minimum atomic E-state index is -1.62. The number of hydrogen-bond donors (Lipinski definition) is 2. The SMILES string of the molecule is O=C(O)C(=O)c1cc(=O)c2ccc(Cl)cc2[nH]1. The predicted molar refractivity (Wildman–Crippen MR) is 61.5 cm³/mol. The molecule has 0 bridgehead atoms. The van der Waals surface area contributed by atoms with Crippen molar-refractivity contribution in [3.8, 4) is 0 Å². The molecule has 0 saturated heterocycles. The third-order valence-electron chi connectivity index (χ3n) is 2.23. The average Bonchev–Trinajstić information content (AvgIpc) is 2.27. The summed E-state index contributed by atoms with van der Waals surface area (Å²) in [5, 5.41) is 9.28. The summed E-state index contributed by atoms with van der Waals surface area (Å²) in [4.78, 5) is 35.9. The lowest BCUT2D eigenvalue weighted by atomic mass is 10.1. The summed E-state index contributed by atoms with van der Waals surface area (Å²) in [5.74, 6) is -2.79. The van der Waals surface area contributed by atoms with Crippen LogP contribution in [0.5, 0.6) is 0 Å². The van der Waals surface area contributed by atoms with Gasteiger partial charge in [0, 0.05) is 16.5 Å².